The van der Waals surface area contributed by atoms with Crippen molar-refractivity contribution in [3.05, 3.63) is 69.5 Å². The average Bonchev–Trinajstić information content (AvgIpc) is 3.37. The molecule has 1 aliphatic rings. The number of benzene rings is 2. The number of aryl methyl sites for hydroxylation is 1. The maximum atomic E-state index is 12.3. The summed E-state index contributed by atoms with van der Waals surface area (Å²) in [6.07, 6.45) is 4.03. The summed E-state index contributed by atoms with van der Waals surface area (Å²) in [4.78, 5) is 25.0. The van der Waals surface area contributed by atoms with Crippen LogP contribution in [0.4, 0.5) is 11.4 Å². The summed E-state index contributed by atoms with van der Waals surface area (Å²) in [5.74, 6) is -0.483. The molecule has 148 valence electrons. The van der Waals surface area contributed by atoms with Gasteiger partial charge in [-0.3, -0.25) is 14.9 Å². The fourth-order valence-corrected chi connectivity index (χ4v) is 3.55. The lowest BCUT2D eigenvalue weighted by Gasteiger charge is -2.20. The normalized spacial score (nSPS) is 14.0. The van der Waals surface area contributed by atoms with Crippen LogP contribution in [0, 0.1) is 17.0 Å². The van der Waals surface area contributed by atoms with Crippen LogP contribution in [-0.4, -0.2) is 30.1 Å². The number of nitrogens with zero attached hydrogens (tertiary/aromatic N) is 3. The Kier molecular flexibility index (Phi) is 4.99. The van der Waals surface area contributed by atoms with Crippen molar-refractivity contribution in [3.63, 3.8) is 0 Å². The summed E-state index contributed by atoms with van der Waals surface area (Å²) in [5.41, 5.74) is 6.05. The number of hydrogen-bond donors (Lipinski definition) is 1. The van der Waals surface area contributed by atoms with E-state index < -0.39 is 10.8 Å². The summed E-state index contributed by atoms with van der Waals surface area (Å²) in [5, 5.41) is 15.3. The Hall–Kier alpha value is -3.68. The fraction of sp³-hybridized carbons (Fsp3) is 0.238. The Balaban J connectivity index is 1.43. The van der Waals surface area contributed by atoms with Crippen LogP contribution >= 0.6 is 0 Å². The SMILES string of the molecule is Cc1cc(C=NNC(=O)c2cc3cc([N+](=O)[O-])ccc3o2)ccc1N1CCCC1. The van der Waals surface area contributed by atoms with Crippen molar-refractivity contribution in [2.45, 2.75) is 19.8 Å². The van der Waals surface area contributed by atoms with Gasteiger partial charge < -0.3 is 9.32 Å². The van der Waals surface area contributed by atoms with Crippen molar-refractivity contribution in [2.24, 2.45) is 5.10 Å². The third kappa shape index (κ3) is 3.96. The van der Waals surface area contributed by atoms with Gasteiger partial charge in [-0.25, -0.2) is 5.43 Å². The molecule has 2 aromatic carbocycles. The van der Waals surface area contributed by atoms with Crippen molar-refractivity contribution >= 4 is 34.5 Å². The molecule has 8 heteroatoms. The summed E-state index contributed by atoms with van der Waals surface area (Å²) >= 11 is 0. The number of carbonyl (C=O) groups excluding carboxylic acids is 1. The topological polar surface area (TPSA) is 101 Å². The van der Waals surface area contributed by atoms with Gasteiger partial charge in [0.05, 0.1) is 11.1 Å². The Bertz CT molecular complexity index is 1110. The number of furan rings is 1. The number of fused-ring (bicyclic) bond motifs is 1. The molecule has 8 nitrogen and oxygen atoms in total. The predicted molar refractivity (Wildman–Crippen MR) is 111 cm³/mol. The van der Waals surface area contributed by atoms with Gasteiger partial charge in [0.2, 0.25) is 0 Å². The van der Waals surface area contributed by atoms with Crippen LogP contribution in [0.2, 0.25) is 0 Å². The molecule has 1 saturated heterocycles. The molecule has 4 rings (SSSR count). The van der Waals surface area contributed by atoms with Gasteiger partial charge in [0.15, 0.2) is 5.76 Å². The van der Waals surface area contributed by atoms with Gasteiger partial charge in [-0.05, 0) is 55.2 Å². The van der Waals surface area contributed by atoms with Gasteiger partial charge in [-0.15, -0.1) is 0 Å². The quantitative estimate of drug-likeness (QED) is 0.402. The highest BCUT2D eigenvalue weighted by atomic mass is 16.6. The van der Waals surface area contributed by atoms with Gasteiger partial charge in [0.1, 0.15) is 5.58 Å². The standard InChI is InChI=1S/C21H20N4O4/c1-14-10-15(4-6-18(14)24-8-2-3-9-24)13-22-23-21(26)20-12-16-11-17(25(27)28)5-7-19(16)29-20/h4-7,10-13H,2-3,8-9H2,1H3,(H,23,26). The summed E-state index contributed by atoms with van der Waals surface area (Å²) < 4.78 is 5.45. The van der Waals surface area contributed by atoms with E-state index in [4.69, 9.17) is 4.42 Å². The van der Waals surface area contributed by atoms with Gasteiger partial charge in [0, 0.05) is 36.3 Å². The van der Waals surface area contributed by atoms with E-state index in [1.165, 1.54) is 48.4 Å². The van der Waals surface area contributed by atoms with E-state index in [2.05, 4.69) is 28.4 Å². The van der Waals surface area contributed by atoms with Crippen LogP contribution in [0.3, 0.4) is 0 Å². The molecule has 0 aliphatic carbocycles. The number of nitro benzene ring substituents is 1. The molecule has 1 N–H and O–H groups in total. The zero-order valence-electron chi connectivity index (χ0n) is 15.9. The van der Waals surface area contributed by atoms with Crippen molar-refractivity contribution < 1.29 is 14.1 Å². The van der Waals surface area contributed by atoms with Crippen molar-refractivity contribution in [1.82, 2.24) is 5.43 Å². The van der Waals surface area contributed by atoms with Crippen LogP contribution in [-0.2, 0) is 0 Å². The number of anilines is 1. The molecule has 0 radical (unpaired) electrons. The second-order valence-electron chi connectivity index (χ2n) is 7.03. The number of nitro groups is 1. The summed E-state index contributed by atoms with van der Waals surface area (Å²) in [7, 11) is 0. The average molecular weight is 392 g/mol. The number of amides is 1. The molecule has 1 aliphatic heterocycles. The number of carbonyl (C=O) groups is 1. The molecule has 0 atom stereocenters. The monoisotopic (exact) mass is 392 g/mol. The third-order valence-electron chi connectivity index (χ3n) is 4.98. The Morgan fingerprint density at radius 2 is 2.00 bits per heavy atom. The number of rotatable bonds is 5. The number of hydrogen-bond acceptors (Lipinski definition) is 6. The molecule has 0 saturated carbocycles. The van der Waals surface area contributed by atoms with E-state index in [9.17, 15) is 14.9 Å². The highest BCUT2D eigenvalue weighted by Crippen LogP contribution is 2.25. The van der Waals surface area contributed by atoms with Crippen LogP contribution in [0.15, 0.2) is 52.0 Å². The lowest BCUT2D eigenvalue weighted by atomic mass is 10.1. The molecule has 1 fully saturated rings. The summed E-state index contributed by atoms with van der Waals surface area (Å²) in [6.45, 7) is 4.24. The first-order valence-electron chi connectivity index (χ1n) is 9.38. The maximum absolute atomic E-state index is 12.3. The molecule has 0 spiro atoms. The van der Waals surface area contributed by atoms with E-state index >= 15 is 0 Å². The minimum absolute atomic E-state index is 0.0400. The van der Waals surface area contributed by atoms with Crippen molar-refractivity contribution in [2.75, 3.05) is 18.0 Å². The molecule has 0 bridgehead atoms. The Morgan fingerprint density at radius 1 is 1.21 bits per heavy atom. The molecular weight excluding hydrogens is 372 g/mol. The molecule has 3 aromatic rings. The van der Waals surface area contributed by atoms with E-state index in [-0.39, 0.29) is 11.4 Å². The highest BCUT2D eigenvalue weighted by Gasteiger charge is 2.15. The first-order chi connectivity index (χ1) is 14.0. The van der Waals surface area contributed by atoms with E-state index in [1.807, 2.05) is 12.1 Å². The van der Waals surface area contributed by atoms with Crippen LogP contribution < -0.4 is 10.3 Å². The van der Waals surface area contributed by atoms with Gasteiger partial charge >= 0.3 is 5.91 Å². The maximum Gasteiger partial charge on any atom is 0.307 e. The molecule has 2 heterocycles. The lowest BCUT2D eigenvalue weighted by Crippen LogP contribution is -2.18. The highest BCUT2D eigenvalue weighted by molar-refractivity contribution is 5.97. The third-order valence-corrected chi connectivity index (χ3v) is 4.98. The van der Waals surface area contributed by atoms with E-state index in [0.717, 1.165) is 18.7 Å². The summed E-state index contributed by atoms with van der Waals surface area (Å²) in [6, 6.07) is 11.7. The number of non-ortho nitro benzene ring substituents is 1. The smallest absolute Gasteiger partial charge is 0.307 e. The van der Waals surface area contributed by atoms with E-state index in [1.54, 1.807) is 6.21 Å². The molecule has 1 amide bonds. The first kappa shape index (κ1) is 18.7. The Labute approximate surface area is 167 Å². The number of nitrogens with one attached hydrogen (secondary N) is 1. The zero-order valence-corrected chi connectivity index (χ0v) is 15.9. The number of hydrazone groups is 1. The van der Waals surface area contributed by atoms with Crippen molar-refractivity contribution in [3.8, 4) is 0 Å². The second-order valence-corrected chi connectivity index (χ2v) is 7.03. The fourth-order valence-electron chi connectivity index (χ4n) is 3.55. The predicted octanol–water partition coefficient (Wildman–Crippen LogP) is 4.01. The van der Waals surface area contributed by atoms with Crippen LogP contribution in [0.25, 0.3) is 11.0 Å². The van der Waals surface area contributed by atoms with Crippen molar-refractivity contribution in [1.29, 1.82) is 0 Å². The minimum Gasteiger partial charge on any atom is -0.451 e. The zero-order chi connectivity index (χ0) is 20.4. The Morgan fingerprint density at radius 3 is 2.72 bits per heavy atom. The van der Waals surface area contributed by atoms with Gasteiger partial charge in [-0.2, -0.15) is 5.10 Å². The minimum atomic E-state index is -0.523. The largest absolute Gasteiger partial charge is 0.451 e. The molecule has 1 aromatic heterocycles. The molecular formula is C21H20N4O4. The second kappa shape index (κ2) is 7.75. The molecule has 0 unspecified atom stereocenters. The van der Waals surface area contributed by atoms with E-state index in [0.29, 0.717) is 11.0 Å². The molecule has 29 heavy (non-hydrogen) atoms. The first-order valence-corrected chi connectivity index (χ1v) is 9.38. The van der Waals surface area contributed by atoms with Crippen LogP contribution in [0.5, 0.6) is 0 Å². The van der Waals surface area contributed by atoms with Crippen LogP contribution in [0.1, 0.15) is 34.5 Å². The van der Waals surface area contributed by atoms with Gasteiger partial charge in [-0.1, -0.05) is 6.07 Å². The lowest BCUT2D eigenvalue weighted by molar-refractivity contribution is -0.384. The van der Waals surface area contributed by atoms with Gasteiger partial charge in [0.25, 0.3) is 5.69 Å².